The maximum absolute atomic E-state index is 6.09. The first-order chi connectivity index (χ1) is 33.7. The highest BCUT2D eigenvalue weighted by molar-refractivity contribution is 6.21. The van der Waals surface area contributed by atoms with Gasteiger partial charge in [-0.15, -0.1) is 0 Å². The maximum atomic E-state index is 6.09. The van der Waals surface area contributed by atoms with E-state index in [1.807, 2.05) is 84.9 Å². The molecular weight excluding hydrogens is 825 g/mol. The summed E-state index contributed by atoms with van der Waals surface area (Å²) in [5.41, 5.74) is 13.9. The monoisotopic (exact) mass is 870 g/mol. The molecule has 0 saturated heterocycles. The zero-order valence-corrected chi connectivity index (χ0v) is 37.4. The highest BCUT2D eigenvalue weighted by atomic mass is 16.5. The number of fused-ring (bicyclic) bond motifs is 2. The summed E-state index contributed by atoms with van der Waals surface area (Å²) in [6, 6.07) is 93.6. The van der Waals surface area contributed by atoms with Crippen LogP contribution in [0.2, 0.25) is 0 Å². The van der Waals surface area contributed by atoms with Gasteiger partial charge in [-0.3, -0.25) is 0 Å². The normalized spacial score (nSPS) is 11.7. The smallest absolute Gasteiger partial charge is 0.127 e. The van der Waals surface area contributed by atoms with E-state index in [1.54, 1.807) is 0 Å². The van der Waals surface area contributed by atoms with E-state index in [9.17, 15) is 0 Å². The molecule has 0 atom stereocenters. The van der Waals surface area contributed by atoms with Crippen LogP contribution in [0, 0.1) is 0 Å². The van der Waals surface area contributed by atoms with Gasteiger partial charge in [-0.05, 0) is 149 Å². The van der Waals surface area contributed by atoms with Gasteiger partial charge in [-0.2, -0.15) is 0 Å². The van der Waals surface area contributed by atoms with Crippen molar-refractivity contribution in [2.24, 2.45) is 0 Å². The second-order valence-corrected chi connectivity index (χ2v) is 16.8. The quantitative estimate of drug-likeness (QED) is 0.0899. The van der Waals surface area contributed by atoms with Crippen molar-refractivity contribution in [2.75, 3.05) is 0 Å². The Hall–Kier alpha value is -8.98. The predicted molar refractivity (Wildman–Crippen MR) is 285 cm³/mol. The Balaban J connectivity index is 0.938. The SMILES string of the molecule is C(=C(c1ccccc1)c1ccc(-c2c3ccccc3c(-c3ccc(C(=Cc4ccc(Oc5ccccc5)cc4)c4ccccc4)cc3)c3ccccc23)cc1)c1ccc(Oc2ccccc2)cc1. The summed E-state index contributed by atoms with van der Waals surface area (Å²) in [5, 5.41) is 4.89. The standard InChI is InChI=1S/C66H46O2/c1-5-17-49(18-6-1)63(45-47-29-41-57(42-30-47)67-55-21-9-3-10-22-55)51-33-37-53(38-34-51)65-59-25-13-15-27-61(59)66(62-28-16-14-26-60(62)65)54-39-35-52(36-40-54)64(50-19-7-2-8-20-50)46-48-31-43-58(44-32-48)68-56-23-11-4-12-24-56/h1-46H. The molecular formula is C66H46O2. The molecule has 11 aromatic carbocycles. The molecule has 0 aliphatic carbocycles. The van der Waals surface area contributed by atoms with Crippen LogP contribution in [0.1, 0.15) is 33.4 Å². The minimum absolute atomic E-state index is 0.805. The van der Waals surface area contributed by atoms with E-state index >= 15 is 0 Å². The lowest BCUT2D eigenvalue weighted by molar-refractivity contribution is 0.482. The maximum Gasteiger partial charge on any atom is 0.127 e. The molecule has 0 fully saturated rings. The Morgan fingerprint density at radius 2 is 0.500 bits per heavy atom. The van der Waals surface area contributed by atoms with Crippen LogP contribution in [0.25, 0.3) is 67.1 Å². The third-order valence-corrected chi connectivity index (χ3v) is 12.4. The average Bonchev–Trinajstić information content (AvgIpc) is 3.41. The molecule has 11 aromatic rings. The molecule has 2 nitrogen and oxygen atoms in total. The van der Waals surface area contributed by atoms with E-state index < -0.39 is 0 Å². The molecule has 322 valence electrons. The van der Waals surface area contributed by atoms with E-state index in [-0.39, 0.29) is 0 Å². The van der Waals surface area contributed by atoms with Gasteiger partial charge < -0.3 is 9.47 Å². The van der Waals surface area contributed by atoms with Crippen molar-refractivity contribution in [3.63, 3.8) is 0 Å². The number of hydrogen-bond acceptors (Lipinski definition) is 2. The van der Waals surface area contributed by atoms with Crippen molar-refractivity contribution in [1.82, 2.24) is 0 Å². The molecule has 0 aromatic heterocycles. The molecule has 0 aliphatic rings. The number of benzene rings is 11. The fourth-order valence-corrected chi connectivity index (χ4v) is 9.13. The van der Waals surface area contributed by atoms with Crippen LogP contribution in [0.5, 0.6) is 23.0 Å². The van der Waals surface area contributed by atoms with Gasteiger partial charge in [0.1, 0.15) is 23.0 Å². The third kappa shape index (κ3) is 9.00. The molecule has 11 rings (SSSR count). The van der Waals surface area contributed by atoms with Gasteiger partial charge in [0, 0.05) is 0 Å². The Labute approximate surface area is 398 Å². The van der Waals surface area contributed by atoms with Crippen LogP contribution in [0.3, 0.4) is 0 Å². The summed E-state index contributed by atoms with van der Waals surface area (Å²) < 4.78 is 12.2. The minimum atomic E-state index is 0.805. The molecule has 0 N–H and O–H groups in total. The number of rotatable bonds is 12. The fourth-order valence-electron chi connectivity index (χ4n) is 9.13. The van der Waals surface area contributed by atoms with Crippen molar-refractivity contribution < 1.29 is 9.47 Å². The second-order valence-electron chi connectivity index (χ2n) is 16.8. The summed E-state index contributed by atoms with van der Waals surface area (Å²) in [7, 11) is 0. The number of ether oxygens (including phenoxy) is 2. The zero-order valence-electron chi connectivity index (χ0n) is 37.4. The van der Waals surface area contributed by atoms with Gasteiger partial charge in [0.05, 0.1) is 0 Å². The van der Waals surface area contributed by atoms with Crippen LogP contribution in [0.4, 0.5) is 0 Å². The Bertz CT molecular complexity index is 3230. The first-order valence-corrected chi connectivity index (χ1v) is 23.1. The molecule has 68 heavy (non-hydrogen) atoms. The highest BCUT2D eigenvalue weighted by Gasteiger charge is 2.18. The molecule has 0 aliphatic heterocycles. The third-order valence-electron chi connectivity index (χ3n) is 12.4. The van der Waals surface area contributed by atoms with E-state index in [0.29, 0.717) is 0 Å². The van der Waals surface area contributed by atoms with Gasteiger partial charge in [0.15, 0.2) is 0 Å². The summed E-state index contributed by atoms with van der Waals surface area (Å²) in [6.45, 7) is 0. The largest absolute Gasteiger partial charge is 0.457 e. The van der Waals surface area contributed by atoms with Crippen LogP contribution in [0.15, 0.2) is 267 Å². The molecule has 0 saturated carbocycles. The molecule has 0 heterocycles. The van der Waals surface area contributed by atoms with E-state index in [4.69, 9.17) is 9.47 Å². The Morgan fingerprint density at radius 1 is 0.235 bits per heavy atom. The second kappa shape index (κ2) is 19.2. The van der Waals surface area contributed by atoms with E-state index in [2.05, 4.69) is 194 Å². The molecule has 0 bridgehead atoms. The van der Waals surface area contributed by atoms with E-state index in [1.165, 1.54) is 43.8 Å². The van der Waals surface area contributed by atoms with E-state index in [0.717, 1.165) is 67.5 Å². The zero-order chi connectivity index (χ0) is 45.5. The van der Waals surface area contributed by atoms with Crippen molar-refractivity contribution in [1.29, 1.82) is 0 Å². The minimum Gasteiger partial charge on any atom is -0.457 e. The lowest BCUT2D eigenvalue weighted by Gasteiger charge is -2.18. The van der Waals surface area contributed by atoms with Crippen molar-refractivity contribution in [2.45, 2.75) is 0 Å². The van der Waals surface area contributed by atoms with Gasteiger partial charge in [-0.1, -0.05) is 218 Å². The average molecular weight is 871 g/mol. The van der Waals surface area contributed by atoms with Crippen molar-refractivity contribution in [3.8, 4) is 45.3 Å². The van der Waals surface area contributed by atoms with Crippen molar-refractivity contribution >= 4 is 44.8 Å². The summed E-state index contributed by atoms with van der Waals surface area (Å²) in [4.78, 5) is 0. The molecule has 0 radical (unpaired) electrons. The topological polar surface area (TPSA) is 18.5 Å². The van der Waals surface area contributed by atoms with Gasteiger partial charge in [-0.25, -0.2) is 0 Å². The van der Waals surface area contributed by atoms with Crippen LogP contribution < -0.4 is 9.47 Å². The van der Waals surface area contributed by atoms with Gasteiger partial charge >= 0.3 is 0 Å². The molecule has 0 amide bonds. The highest BCUT2D eigenvalue weighted by Crippen LogP contribution is 2.44. The van der Waals surface area contributed by atoms with Crippen LogP contribution in [-0.4, -0.2) is 0 Å². The molecule has 0 unspecified atom stereocenters. The van der Waals surface area contributed by atoms with Crippen LogP contribution in [-0.2, 0) is 0 Å². The summed E-state index contributed by atoms with van der Waals surface area (Å²) in [6.07, 6.45) is 4.53. The van der Waals surface area contributed by atoms with Gasteiger partial charge in [0.2, 0.25) is 0 Å². The Morgan fingerprint density at radius 3 is 0.824 bits per heavy atom. The Kier molecular flexibility index (Phi) is 11.8. The fraction of sp³-hybridized carbons (Fsp3) is 0. The number of hydrogen-bond donors (Lipinski definition) is 0. The number of para-hydroxylation sites is 2. The molecule has 0 spiro atoms. The molecule has 2 heteroatoms. The lowest BCUT2D eigenvalue weighted by Crippen LogP contribution is -1.93. The van der Waals surface area contributed by atoms with Crippen molar-refractivity contribution in [3.05, 3.63) is 300 Å². The first-order valence-electron chi connectivity index (χ1n) is 23.1. The summed E-state index contributed by atoms with van der Waals surface area (Å²) >= 11 is 0. The lowest BCUT2D eigenvalue weighted by atomic mass is 9.85. The van der Waals surface area contributed by atoms with Gasteiger partial charge in [0.25, 0.3) is 0 Å². The first kappa shape index (κ1) is 41.7. The summed E-state index contributed by atoms with van der Waals surface area (Å²) in [5.74, 6) is 3.25. The van der Waals surface area contributed by atoms with Crippen LogP contribution >= 0.6 is 0 Å². The predicted octanol–water partition coefficient (Wildman–Crippen LogP) is 18.1.